The average molecular weight is 388 g/mol. The van der Waals surface area contributed by atoms with Gasteiger partial charge >= 0.3 is 0 Å². The van der Waals surface area contributed by atoms with E-state index in [1.165, 1.54) is 51.9 Å². The maximum absolute atomic E-state index is 13.0. The summed E-state index contributed by atoms with van der Waals surface area (Å²) in [6.45, 7) is 6.05. The van der Waals surface area contributed by atoms with Crippen LogP contribution in [0.3, 0.4) is 0 Å². The van der Waals surface area contributed by atoms with Crippen molar-refractivity contribution in [2.75, 3.05) is 5.75 Å². The molecule has 0 unspecified atom stereocenters. The molecule has 3 rings (SSSR count). The van der Waals surface area contributed by atoms with Crippen LogP contribution < -0.4 is 5.56 Å². The van der Waals surface area contributed by atoms with Gasteiger partial charge in [0.15, 0.2) is 10.9 Å². The van der Waals surface area contributed by atoms with Crippen LogP contribution in [0.1, 0.15) is 22.2 Å². The SMILES string of the molecule is C=CCn1c(SCC(=O)c2ccc(F)cc2)nc2sc(CC)cc2c1=O. The number of carbonyl (C=O) groups excluding carboxylic acids is 1. The number of hydrogen-bond donors (Lipinski definition) is 0. The highest BCUT2D eigenvalue weighted by atomic mass is 32.2. The summed E-state index contributed by atoms with van der Waals surface area (Å²) in [6.07, 6.45) is 2.47. The van der Waals surface area contributed by atoms with Crippen molar-refractivity contribution >= 4 is 39.1 Å². The number of fused-ring (bicyclic) bond motifs is 1. The van der Waals surface area contributed by atoms with E-state index in [9.17, 15) is 14.0 Å². The number of thioether (sulfide) groups is 1. The molecule has 0 saturated heterocycles. The molecule has 0 aliphatic heterocycles. The van der Waals surface area contributed by atoms with Crippen LogP contribution in [0, 0.1) is 5.82 Å². The summed E-state index contributed by atoms with van der Waals surface area (Å²) in [7, 11) is 0. The summed E-state index contributed by atoms with van der Waals surface area (Å²) < 4.78 is 14.5. The van der Waals surface area contributed by atoms with E-state index in [0.29, 0.717) is 27.5 Å². The molecule has 0 aliphatic carbocycles. The van der Waals surface area contributed by atoms with E-state index in [2.05, 4.69) is 11.6 Å². The predicted molar refractivity (Wildman–Crippen MR) is 105 cm³/mol. The molecule has 4 nitrogen and oxygen atoms in total. The largest absolute Gasteiger partial charge is 0.293 e. The molecule has 0 spiro atoms. The molecule has 0 saturated carbocycles. The Morgan fingerprint density at radius 3 is 2.77 bits per heavy atom. The monoisotopic (exact) mass is 388 g/mol. The molecule has 2 heterocycles. The smallest absolute Gasteiger partial charge is 0.263 e. The Bertz CT molecular complexity index is 1020. The number of thiophene rings is 1. The van der Waals surface area contributed by atoms with Crippen molar-refractivity contribution < 1.29 is 9.18 Å². The van der Waals surface area contributed by atoms with Gasteiger partial charge in [0.1, 0.15) is 10.6 Å². The number of aryl methyl sites for hydroxylation is 1. The molecule has 0 bridgehead atoms. The summed E-state index contributed by atoms with van der Waals surface area (Å²) in [6, 6.07) is 7.31. The van der Waals surface area contributed by atoms with Gasteiger partial charge in [-0.05, 0) is 36.8 Å². The van der Waals surface area contributed by atoms with Gasteiger partial charge in [0.05, 0.1) is 11.1 Å². The van der Waals surface area contributed by atoms with Gasteiger partial charge in [0.25, 0.3) is 5.56 Å². The Hall–Kier alpha value is -2.25. The van der Waals surface area contributed by atoms with Crippen LogP contribution in [0.2, 0.25) is 0 Å². The van der Waals surface area contributed by atoms with E-state index in [1.807, 2.05) is 13.0 Å². The maximum atomic E-state index is 13.0. The molecule has 1 aromatic carbocycles. The molecule has 3 aromatic rings. The fourth-order valence-electron chi connectivity index (χ4n) is 2.47. The second-order valence-corrected chi connectivity index (χ2v) is 7.66. The zero-order chi connectivity index (χ0) is 18.7. The highest BCUT2D eigenvalue weighted by Gasteiger charge is 2.15. The lowest BCUT2D eigenvalue weighted by Crippen LogP contribution is -2.22. The minimum Gasteiger partial charge on any atom is -0.293 e. The molecule has 0 atom stereocenters. The quantitative estimate of drug-likeness (QED) is 0.262. The van der Waals surface area contributed by atoms with E-state index >= 15 is 0 Å². The van der Waals surface area contributed by atoms with Crippen molar-refractivity contribution in [2.24, 2.45) is 0 Å². The first-order valence-corrected chi connectivity index (χ1v) is 9.89. The Balaban J connectivity index is 1.91. The van der Waals surface area contributed by atoms with E-state index < -0.39 is 0 Å². The number of halogens is 1. The average Bonchev–Trinajstić information content (AvgIpc) is 3.06. The fraction of sp³-hybridized carbons (Fsp3) is 0.211. The minimum atomic E-state index is -0.384. The molecule has 7 heteroatoms. The minimum absolute atomic E-state index is 0.118. The molecule has 26 heavy (non-hydrogen) atoms. The molecule has 0 amide bonds. The third kappa shape index (κ3) is 3.78. The Morgan fingerprint density at radius 1 is 1.38 bits per heavy atom. The maximum Gasteiger partial charge on any atom is 0.263 e. The van der Waals surface area contributed by atoms with Crippen molar-refractivity contribution in [3.05, 3.63) is 69.6 Å². The third-order valence-corrected chi connectivity index (χ3v) is 5.98. The molecular formula is C19H17FN2O2S2. The number of carbonyl (C=O) groups is 1. The first kappa shape index (κ1) is 18.5. The second-order valence-electron chi connectivity index (χ2n) is 5.60. The second kappa shape index (κ2) is 7.97. The fourth-order valence-corrected chi connectivity index (χ4v) is 4.38. The summed E-state index contributed by atoms with van der Waals surface area (Å²) in [5.74, 6) is -0.410. The summed E-state index contributed by atoms with van der Waals surface area (Å²) >= 11 is 2.70. The predicted octanol–water partition coefficient (Wildman–Crippen LogP) is 4.32. The molecule has 0 aliphatic rings. The van der Waals surface area contributed by atoms with E-state index in [4.69, 9.17) is 0 Å². The number of rotatable bonds is 7. The first-order chi connectivity index (χ1) is 12.5. The standard InChI is InChI=1S/C19H17FN2O2S2/c1-3-9-22-18(24)15-10-14(4-2)26-17(15)21-19(22)25-11-16(23)12-5-7-13(20)8-6-12/h3,5-8,10H,1,4,9,11H2,2H3. The molecule has 0 fully saturated rings. The van der Waals surface area contributed by atoms with Crippen LogP contribution in [0.25, 0.3) is 10.2 Å². The highest BCUT2D eigenvalue weighted by molar-refractivity contribution is 7.99. The molecule has 0 radical (unpaired) electrons. The van der Waals surface area contributed by atoms with Gasteiger partial charge in [-0.3, -0.25) is 14.2 Å². The summed E-state index contributed by atoms with van der Waals surface area (Å²) in [5.41, 5.74) is 0.310. The lowest BCUT2D eigenvalue weighted by Gasteiger charge is -2.09. The van der Waals surface area contributed by atoms with Crippen LogP contribution in [0.15, 0.2) is 52.9 Å². The van der Waals surface area contributed by atoms with E-state index in [1.54, 1.807) is 6.08 Å². The van der Waals surface area contributed by atoms with Gasteiger partial charge in [-0.1, -0.05) is 24.8 Å². The van der Waals surface area contributed by atoms with Crippen LogP contribution in [0.4, 0.5) is 4.39 Å². The number of nitrogens with zero attached hydrogens (tertiary/aromatic N) is 2. The molecular weight excluding hydrogens is 371 g/mol. The summed E-state index contributed by atoms with van der Waals surface area (Å²) in [4.78, 5) is 31.5. The lowest BCUT2D eigenvalue weighted by molar-refractivity contribution is 0.102. The molecule has 2 aromatic heterocycles. The Morgan fingerprint density at radius 2 is 2.12 bits per heavy atom. The van der Waals surface area contributed by atoms with Gasteiger partial charge in [0.2, 0.25) is 0 Å². The Labute approximate surface area is 158 Å². The van der Waals surface area contributed by atoms with Gasteiger partial charge in [0, 0.05) is 17.0 Å². The van der Waals surface area contributed by atoms with Gasteiger partial charge in [-0.2, -0.15) is 0 Å². The van der Waals surface area contributed by atoms with E-state index in [0.717, 1.165) is 11.3 Å². The van der Waals surface area contributed by atoms with Crippen molar-refractivity contribution in [3.8, 4) is 0 Å². The zero-order valence-corrected chi connectivity index (χ0v) is 15.8. The van der Waals surface area contributed by atoms with Crippen molar-refractivity contribution in [1.29, 1.82) is 0 Å². The number of ketones is 1. The van der Waals surface area contributed by atoms with Crippen molar-refractivity contribution in [2.45, 2.75) is 25.0 Å². The van der Waals surface area contributed by atoms with Crippen LogP contribution in [-0.2, 0) is 13.0 Å². The topological polar surface area (TPSA) is 52.0 Å². The van der Waals surface area contributed by atoms with Crippen molar-refractivity contribution in [1.82, 2.24) is 9.55 Å². The highest BCUT2D eigenvalue weighted by Crippen LogP contribution is 2.25. The lowest BCUT2D eigenvalue weighted by atomic mass is 10.1. The number of allylic oxidation sites excluding steroid dienone is 1. The van der Waals surface area contributed by atoms with E-state index in [-0.39, 0.29) is 22.9 Å². The number of Topliss-reactive ketones (excluding diaryl/α,β-unsaturated/α-hetero) is 1. The molecule has 134 valence electrons. The third-order valence-electron chi connectivity index (χ3n) is 3.83. The van der Waals surface area contributed by atoms with Crippen molar-refractivity contribution in [3.63, 3.8) is 0 Å². The number of hydrogen-bond acceptors (Lipinski definition) is 5. The first-order valence-electron chi connectivity index (χ1n) is 8.09. The van der Waals surface area contributed by atoms with Gasteiger partial charge in [-0.15, -0.1) is 17.9 Å². The summed E-state index contributed by atoms with van der Waals surface area (Å²) in [5, 5.41) is 1.09. The van der Waals surface area contributed by atoms with Crippen LogP contribution in [0.5, 0.6) is 0 Å². The normalized spacial score (nSPS) is 11.0. The number of aromatic nitrogens is 2. The van der Waals surface area contributed by atoms with Crippen LogP contribution >= 0.6 is 23.1 Å². The van der Waals surface area contributed by atoms with Gasteiger partial charge < -0.3 is 0 Å². The van der Waals surface area contributed by atoms with Crippen LogP contribution in [-0.4, -0.2) is 21.1 Å². The van der Waals surface area contributed by atoms with Gasteiger partial charge in [-0.25, -0.2) is 9.37 Å². The Kier molecular flexibility index (Phi) is 5.68. The molecule has 0 N–H and O–H groups in total. The zero-order valence-electron chi connectivity index (χ0n) is 14.2. The number of benzene rings is 1.